The van der Waals surface area contributed by atoms with Crippen LogP contribution in [0.1, 0.15) is 37.7 Å². The third-order valence-electron chi connectivity index (χ3n) is 6.01. The highest BCUT2D eigenvalue weighted by atomic mass is 16.5. The van der Waals surface area contributed by atoms with Crippen LogP contribution in [0.4, 0.5) is 10.5 Å². The van der Waals surface area contributed by atoms with E-state index in [4.69, 9.17) is 4.74 Å². The van der Waals surface area contributed by atoms with Crippen molar-refractivity contribution < 1.29 is 19.1 Å². The zero-order chi connectivity index (χ0) is 22.0. The number of nitrogens with one attached hydrogen (secondary N) is 1. The second kappa shape index (κ2) is 8.33. The van der Waals surface area contributed by atoms with E-state index < -0.39 is 17.5 Å². The Hall–Kier alpha value is -3.49. The van der Waals surface area contributed by atoms with Gasteiger partial charge in [0.15, 0.2) is 0 Å². The number of aryl methyl sites for hydroxylation is 1. The van der Waals surface area contributed by atoms with Crippen molar-refractivity contribution >= 4 is 23.5 Å². The van der Waals surface area contributed by atoms with E-state index in [1.54, 1.807) is 43.7 Å². The maximum absolute atomic E-state index is 13.0. The first kappa shape index (κ1) is 20.8. The Morgan fingerprint density at radius 2 is 1.87 bits per heavy atom. The minimum atomic E-state index is -0.788. The first-order valence-electron chi connectivity index (χ1n) is 10.4. The van der Waals surface area contributed by atoms with Crippen LogP contribution in [0, 0.1) is 6.92 Å². The normalized spacial score (nSPS) is 17.9. The molecule has 1 aliphatic carbocycles. The molecule has 0 bridgehead atoms. The zero-order valence-electron chi connectivity index (χ0n) is 17.6. The molecule has 0 atom stereocenters. The number of ether oxygens (including phenoxy) is 1. The Labute approximate surface area is 180 Å². The van der Waals surface area contributed by atoms with E-state index in [0.717, 1.165) is 29.7 Å². The Morgan fingerprint density at radius 3 is 2.55 bits per heavy atom. The molecule has 0 radical (unpaired) electrons. The van der Waals surface area contributed by atoms with E-state index in [0.29, 0.717) is 24.3 Å². The molecule has 9 heteroatoms. The van der Waals surface area contributed by atoms with Gasteiger partial charge in [0.25, 0.3) is 5.91 Å². The van der Waals surface area contributed by atoms with E-state index in [1.165, 1.54) is 4.90 Å². The van der Waals surface area contributed by atoms with Gasteiger partial charge < -0.3 is 15.0 Å². The molecule has 2 fully saturated rings. The number of hydrogen-bond donors (Lipinski definition) is 1. The van der Waals surface area contributed by atoms with E-state index in [-0.39, 0.29) is 18.5 Å². The molecule has 4 amide bonds. The average Bonchev–Trinajstić information content (AvgIpc) is 2.93. The number of anilines is 1. The molecule has 1 saturated carbocycles. The van der Waals surface area contributed by atoms with Crippen molar-refractivity contribution in [2.24, 2.45) is 0 Å². The first-order valence-corrected chi connectivity index (χ1v) is 10.4. The van der Waals surface area contributed by atoms with Gasteiger partial charge in [0.05, 0.1) is 0 Å². The first-order chi connectivity index (χ1) is 14.9. The van der Waals surface area contributed by atoms with Crippen molar-refractivity contribution in [2.45, 2.75) is 44.6 Å². The maximum atomic E-state index is 13.0. The number of hydrogen-bond acceptors (Lipinski definition) is 6. The van der Waals surface area contributed by atoms with Gasteiger partial charge in [-0.25, -0.2) is 14.8 Å². The number of aromatic nitrogens is 2. The molecule has 162 valence electrons. The molecule has 1 aromatic heterocycles. The highest BCUT2D eigenvalue weighted by Crippen LogP contribution is 2.39. The van der Waals surface area contributed by atoms with Crippen molar-refractivity contribution in [1.29, 1.82) is 0 Å². The molecule has 2 heterocycles. The largest absolute Gasteiger partial charge is 0.424 e. The van der Waals surface area contributed by atoms with Gasteiger partial charge in [0, 0.05) is 25.1 Å². The van der Waals surface area contributed by atoms with Gasteiger partial charge in [-0.2, -0.15) is 0 Å². The third-order valence-corrected chi connectivity index (χ3v) is 6.01. The van der Waals surface area contributed by atoms with Crippen molar-refractivity contribution in [1.82, 2.24) is 19.8 Å². The van der Waals surface area contributed by atoms with Crippen LogP contribution in [0.25, 0.3) is 0 Å². The predicted molar refractivity (Wildman–Crippen MR) is 113 cm³/mol. The number of rotatable bonds is 5. The predicted octanol–water partition coefficient (Wildman–Crippen LogP) is 3.11. The quantitative estimate of drug-likeness (QED) is 0.741. The lowest BCUT2D eigenvalue weighted by molar-refractivity contribution is -0.136. The summed E-state index contributed by atoms with van der Waals surface area (Å²) in [6.07, 6.45) is 7.35. The van der Waals surface area contributed by atoms with Gasteiger partial charge >= 0.3 is 12.0 Å². The fourth-order valence-corrected chi connectivity index (χ4v) is 4.29. The summed E-state index contributed by atoms with van der Waals surface area (Å²) < 4.78 is 5.59. The molecular formula is C22H25N5O4. The summed E-state index contributed by atoms with van der Waals surface area (Å²) in [6.45, 7) is 1.52. The molecule has 2 aliphatic rings. The number of imide groups is 1. The van der Waals surface area contributed by atoms with Crippen molar-refractivity contribution in [3.63, 3.8) is 0 Å². The molecular weight excluding hydrogens is 398 g/mol. The summed E-state index contributed by atoms with van der Waals surface area (Å²) in [5.41, 5.74) is 0.553. The highest BCUT2D eigenvalue weighted by molar-refractivity contribution is 6.10. The van der Waals surface area contributed by atoms with Crippen LogP contribution in [0.15, 0.2) is 36.7 Å². The van der Waals surface area contributed by atoms with Crippen LogP contribution in [-0.4, -0.2) is 56.7 Å². The Balaban J connectivity index is 1.42. The number of benzene rings is 1. The summed E-state index contributed by atoms with van der Waals surface area (Å²) in [5, 5.41) is 2.79. The number of nitrogens with zero attached hydrogens (tertiary/aromatic N) is 4. The van der Waals surface area contributed by atoms with Crippen LogP contribution >= 0.6 is 0 Å². The summed E-state index contributed by atoms with van der Waals surface area (Å²) >= 11 is 0. The molecule has 2 aromatic rings. The van der Waals surface area contributed by atoms with Gasteiger partial charge in [-0.05, 0) is 49.6 Å². The highest BCUT2D eigenvalue weighted by Gasteiger charge is 2.55. The lowest BCUT2D eigenvalue weighted by Gasteiger charge is -2.35. The van der Waals surface area contributed by atoms with Gasteiger partial charge in [-0.3, -0.25) is 14.5 Å². The molecule has 31 heavy (non-hydrogen) atoms. The Bertz CT molecular complexity index is 1000. The van der Waals surface area contributed by atoms with Gasteiger partial charge in [-0.15, -0.1) is 0 Å². The number of urea groups is 1. The molecule has 1 aliphatic heterocycles. The zero-order valence-corrected chi connectivity index (χ0v) is 17.6. The number of likely N-dealkylation sites (N-methyl/N-ethyl adjacent to an activating group) is 1. The summed E-state index contributed by atoms with van der Waals surface area (Å²) in [7, 11) is 1.66. The van der Waals surface area contributed by atoms with E-state index in [9.17, 15) is 14.4 Å². The second-order valence-electron chi connectivity index (χ2n) is 7.98. The van der Waals surface area contributed by atoms with Crippen LogP contribution in [0.2, 0.25) is 0 Å². The maximum Gasteiger partial charge on any atom is 0.327 e. The van der Waals surface area contributed by atoms with E-state index in [1.807, 2.05) is 6.92 Å². The number of carbonyl (C=O) groups is 3. The van der Waals surface area contributed by atoms with Crippen LogP contribution < -0.4 is 10.1 Å². The molecule has 1 N–H and O–H groups in total. The van der Waals surface area contributed by atoms with Gasteiger partial charge in [0.1, 0.15) is 17.8 Å². The Kier molecular flexibility index (Phi) is 5.58. The van der Waals surface area contributed by atoms with E-state index in [2.05, 4.69) is 15.3 Å². The summed E-state index contributed by atoms with van der Waals surface area (Å²) in [5.74, 6) is -0.156. The van der Waals surface area contributed by atoms with Crippen LogP contribution in [0.3, 0.4) is 0 Å². The molecule has 4 rings (SSSR count). The standard InChI is InChI=1S/C22H25N5O4/c1-15-13-16(31-20-23-11-6-12-24-20)7-8-17(15)25-18(28)14-27-19(29)22(26(2)21(27)30)9-4-3-5-10-22/h6-8,11-13H,3-5,9-10,14H2,1-2H3,(H,25,28). The fourth-order valence-electron chi connectivity index (χ4n) is 4.29. The SMILES string of the molecule is Cc1cc(Oc2ncccn2)ccc1NC(=O)CN1C(=O)N(C)C2(CCCCC2)C1=O. The minimum Gasteiger partial charge on any atom is -0.424 e. The second-order valence-corrected chi connectivity index (χ2v) is 7.98. The third kappa shape index (κ3) is 3.95. The molecule has 1 spiro atoms. The van der Waals surface area contributed by atoms with Crippen molar-refractivity contribution in [3.8, 4) is 11.8 Å². The minimum absolute atomic E-state index is 0.227. The lowest BCUT2D eigenvalue weighted by atomic mass is 9.81. The molecule has 1 aromatic carbocycles. The topological polar surface area (TPSA) is 105 Å². The molecule has 0 unspecified atom stereocenters. The van der Waals surface area contributed by atoms with Crippen molar-refractivity contribution in [2.75, 3.05) is 18.9 Å². The van der Waals surface area contributed by atoms with Crippen LogP contribution in [-0.2, 0) is 9.59 Å². The molecule has 1 saturated heterocycles. The van der Waals surface area contributed by atoms with E-state index >= 15 is 0 Å². The number of amides is 4. The van der Waals surface area contributed by atoms with Gasteiger partial charge in [-0.1, -0.05) is 19.3 Å². The Morgan fingerprint density at radius 1 is 1.16 bits per heavy atom. The number of carbonyl (C=O) groups excluding carboxylic acids is 3. The van der Waals surface area contributed by atoms with Crippen molar-refractivity contribution in [3.05, 3.63) is 42.2 Å². The monoisotopic (exact) mass is 423 g/mol. The average molecular weight is 423 g/mol. The fraction of sp³-hybridized carbons (Fsp3) is 0.409. The van der Waals surface area contributed by atoms with Crippen LogP contribution in [0.5, 0.6) is 11.8 Å². The smallest absolute Gasteiger partial charge is 0.327 e. The molecule has 9 nitrogen and oxygen atoms in total. The lowest BCUT2D eigenvalue weighted by Crippen LogP contribution is -2.49. The van der Waals surface area contributed by atoms with Gasteiger partial charge in [0.2, 0.25) is 5.91 Å². The summed E-state index contributed by atoms with van der Waals surface area (Å²) in [4.78, 5) is 49.0. The summed E-state index contributed by atoms with van der Waals surface area (Å²) in [6, 6.07) is 6.66.